The van der Waals surface area contributed by atoms with Gasteiger partial charge in [0.25, 0.3) is 0 Å². The fourth-order valence-corrected chi connectivity index (χ4v) is 2.57. The van der Waals surface area contributed by atoms with Crippen LogP contribution in [0, 0.1) is 18.8 Å². The van der Waals surface area contributed by atoms with E-state index in [2.05, 4.69) is 50.4 Å². The highest BCUT2D eigenvalue weighted by molar-refractivity contribution is 5.25. The summed E-state index contributed by atoms with van der Waals surface area (Å²) in [6.45, 7) is 7.89. The summed E-state index contributed by atoms with van der Waals surface area (Å²) >= 11 is 0. The molecule has 100 valence electrons. The molecule has 1 saturated carbocycles. The van der Waals surface area contributed by atoms with E-state index in [9.17, 15) is 0 Å². The second kappa shape index (κ2) is 6.38. The Balaban J connectivity index is 1.84. The molecule has 1 nitrogen and oxygen atoms in total. The summed E-state index contributed by atoms with van der Waals surface area (Å²) in [4.78, 5) is 0. The minimum absolute atomic E-state index is 0.743. The van der Waals surface area contributed by atoms with E-state index < -0.39 is 0 Å². The third-order valence-electron chi connectivity index (χ3n) is 4.06. The monoisotopic (exact) mass is 245 g/mol. The maximum Gasteiger partial charge on any atom is 0.0210 e. The van der Waals surface area contributed by atoms with E-state index in [-0.39, 0.29) is 0 Å². The molecule has 0 amide bonds. The minimum atomic E-state index is 0.743. The zero-order chi connectivity index (χ0) is 13.0. The molecular formula is C17H27N. The Morgan fingerprint density at radius 1 is 1.17 bits per heavy atom. The number of hydrogen-bond donors (Lipinski definition) is 1. The molecule has 1 aliphatic carbocycles. The van der Waals surface area contributed by atoms with Crippen molar-refractivity contribution in [2.24, 2.45) is 11.8 Å². The number of aryl methyl sites for hydroxylation is 1. The van der Waals surface area contributed by atoms with E-state index in [1.807, 2.05) is 0 Å². The summed E-state index contributed by atoms with van der Waals surface area (Å²) in [6, 6.07) is 9.46. The highest BCUT2D eigenvalue weighted by atomic mass is 14.9. The van der Waals surface area contributed by atoms with Crippen molar-refractivity contribution in [1.29, 1.82) is 0 Å². The molecule has 0 aliphatic heterocycles. The van der Waals surface area contributed by atoms with Crippen molar-refractivity contribution in [1.82, 2.24) is 5.32 Å². The average molecular weight is 245 g/mol. The molecule has 1 heteroatoms. The fraction of sp³-hybridized carbons (Fsp3) is 0.647. The van der Waals surface area contributed by atoms with Gasteiger partial charge in [-0.15, -0.1) is 0 Å². The lowest BCUT2D eigenvalue weighted by Gasteiger charge is -2.20. The molecule has 0 radical (unpaired) electrons. The van der Waals surface area contributed by atoms with Gasteiger partial charge < -0.3 is 5.32 Å². The van der Waals surface area contributed by atoms with E-state index in [1.54, 1.807) is 0 Å². The highest BCUT2D eigenvalue weighted by Gasteiger charge is 2.30. The van der Waals surface area contributed by atoms with Gasteiger partial charge in [-0.05, 0) is 55.6 Å². The van der Waals surface area contributed by atoms with Gasteiger partial charge in [0.15, 0.2) is 0 Å². The average Bonchev–Trinajstić information content (AvgIpc) is 3.15. The molecule has 1 aromatic carbocycles. The van der Waals surface area contributed by atoms with E-state index in [0.717, 1.165) is 24.4 Å². The van der Waals surface area contributed by atoms with Crippen LogP contribution in [-0.4, -0.2) is 6.04 Å². The molecule has 0 bridgehead atoms. The first-order valence-electron chi connectivity index (χ1n) is 7.44. The van der Waals surface area contributed by atoms with Crippen LogP contribution in [0.1, 0.15) is 50.7 Å². The van der Waals surface area contributed by atoms with Gasteiger partial charge >= 0.3 is 0 Å². The molecule has 0 aromatic heterocycles. The van der Waals surface area contributed by atoms with Crippen LogP contribution in [0.3, 0.4) is 0 Å². The standard InChI is InChI=1S/C17H27N/c1-13(2)8-11-17(15-9-10-15)18-12-16-7-5-4-6-14(16)3/h4-7,13,15,17-18H,8-12H2,1-3H3. The molecule has 1 N–H and O–H groups in total. The normalized spacial score (nSPS) is 17.1. The third kappa shape index (κ3) is 4.13. The summed E-state index contributed by atoms with van der Waals surface area (Å²) in [5, 5.41) is 3.79. The molecule has 0 spiro atoms. The van der Waals surface area contributed by atoms with Gasteiger partial charge in [-0.3, -0.25) is 0 Å². The first-order chi connectivity index (χ1) is 8.66. The van der Waals surface area contributed by atoms with Crippen molar-refractivity contribution in [2.45, 2.75) is 59.0 Å². The fourth-order valence-electron chi connectivity index (χ4n) is 2.57. The third-order valence-corrected chi connectivity index (χ3v) is 4.06. The van der Waals surface area contributed by atoms with Crippen LogP contribution in [0.2, 0.25) is 0 Å². The largest absolute Gasteiger partial charge is 0.310 e. The number of hydrogen-bond acceptors (Lipinski definition) is 1. The van der Waals surface area contributed by atoms with Crippen molar-refractivity contribution in [3.8, 4) is 0 Å². The van der Waals surface area contributed by atoms with Crippen molar-refractivity contribution >= 4 is 0 Å². The Labute approximate surface area is 112 Å². The van der Waals surface area contributed by atoms with E-state index in [0.29, 0.717) is 0 Å². The second-order valence-corrected chi connectivity index (χ2v) is 6.22. The maximum absolute atomic E-state index is 3.79. The summed E-state index contributed by atoms with van der Waals surface area (Å²) < 4.78 is 0. The Bertz CT molecular complexity index is 366. The first-order valence-corrected chi connectivity index (χ1v) is 7.44. The lowest BCUT2D eigenvalue weighted by atomic mass is 9.99. The van der Waals surface area contributed by atoms with Crippen LogP contribution >= 0.6 is 0 Å². The minimum Gasteiger partial charge on any atom is -0.310 e. The Kier molecular flexibility index (Phi) is 4.82. The van der Waals surface area contributed by atoms with Crippen molar-refractivity contribution in [2.75, 3.05) is 0 Å². The lowest BCUT2D eigenvalue weighted by molar-refractivity contribution is 0.394. The van der Waals surface area contributed by atoms with E-state index in [1.165, 1.54) is 36.8 Å². The number of rotatable bonds is 7. The molecule has 1 fully saturated rings. The smallest absolute Gasteiger partial charge is 0.0210 e. The molecule has 1 unspecified atom stereocenters. The molecule has 0 heterocycles. The Hall–Kier alpha value is -0.820. The van der Waals surface area contributed by atoms with Crippen molar-refractivity contribution in [3.63, 3.8) is 0 Å². The van der Waals surface area contributed by atoms with Crippen LogP contribution in [0.15, 0.2) is 24.3 Å². The van der Waals surface area contributed by atoms with Gasteiger partial charge in [0.1, 0.15) is 0 Å². The van der Waals surface area contributed by atoms with E-state index in [4.69, 9.17) is 0 Å². The van der Waals surface area contributed by atoms with Gasteiger partial charge in [-0.1, -0.05) is 38.1 Å². The zero-order valence-corrected chi connectivity index (χ0v) is 12.1. The van der Waals surface area contributed by atoms with Crippen molar-refractivity contribution in [3.05, 3.63) is 35.4 Å². The quantitative estimate of drug-likeness (QED) is 0.755. The molecule has 2 rings (SSSR count). The zero-order valence-electron chi connectivity index (χ0n) is 12.1. The summed E-state index contributed by atoms with van der Waals surface area (Å²) in [5.74, 6) is 1.78. The topological polar surface area (TPSA) is 12.0 Å². The molecule has 1 atom stereocenters. The van der Waals surface area contributed by atoms with Crippen LogP contribution in [-0.2, 0) is 6.54 Å². The van der Waals surface area contributed by atoms with Crippen LogP contribution < -0.4 is 5.32 Å². The summed E-state index contributed by atoms with van der Waals surface area (Å²) in [7, 11) is 0. The molecule has 1 aliphatic rings. The maximum atomic E-state index is 3.79. The number of nitrogens with one attached hydrogen (secondary N) is 1. The van der Waals surface area contributed by atoms with E-state index >= 15 is 0 Å². The number of benzene rings is 1. The predicted octanol–water partition coefficient (Wildman–Crippen LogP) is 4.30. The molecule has 18 heavy (non-hydrogen) atoms. The SMILES string of the molecule is Cc1ccccc1CNC(CCC(C)C)C1CC1. The summed E-state index contributed by atoms with van der Waals surface area (Å²) in [5.41, 5.74) is 2.86. The van der Waals surface area contributed by atoms with Crippen LogP contribution in [0.4, 0.5) is 0 Å². The Morgan fingerprint density at radius 2 is 1.89 bits per heavy atom. The van der Waals surface area contributed by atoms with Crippen molar-refractivity contribution < 1.29 is 0 Å². The predicted molar refractivity (Wildman–Crippen MR) is 78.6 cm³/mol. The van der Waals surface area contributed by atoms with Gasteiger partial charge in [0, 0.05) is 12.6 Å². The van der Waals surface area contributed by atoms with Crippen LogP contribution in [0.5, 0.6) is 0 Å². The molecule has 0 saturated heterocycles. The second-order valence-electron chi connectivity index (χ2n) is 6.22. The van der Waals surface area contributed by atoms with Gasteiger partial charge in [0.05, 0.1) is 0 Å². The van der Waals surface area contributed by atoms with Gasteiger partial charge in [0.2, 0.25) is 0 Å². The van der Waals surface area contributed by atoms with Crippen LogP contribution in [0.25, 0.3) is 0 Å². The molecular weight excluding hydrogens is 218 g/mol. The van der Waals surface area contributed by atoms with Gasteiger partial charge in [-0.25, -0.2) is 0 Å². The lowest BCUT2D eigenvalue weighted by Crippen LogP contribution is -2.31. The molecule has 1 aromatic rings. The Morgan fingerprint density at radius 3 is 2.50 bits per heavy atom. The first kappa shape index (κ1) is 13.6. The summed E-state index contributed by atoms with van der Waals surface area (Å²) in [6.07, 6.45) is 5.56. The highest BCUT2D eigenvalue weighted by Crippen LogP contribution is 2.35. The van der Waals surface area contributed by atoms with Gasteiger partial charge in [-0.2, -0.15) is 0 Å².